The van der Waals surface area contributed by atoms with Gasteiger partial charge in [-0.2, -0.15) is 0 Å². The van der Waals surface area contributed by atoms with E-state index in [1.165, 1.54) is 0 Å². The number of benzene rings is 1. The van der Waals surface area contributed by atoms with Crippen LogP contribution >= 0.6 is 0 Å². The normalized spacial score (nSPS) is 16.5. The molecule has 1 atom stereocenters. The molecule has 2 N–H and O–H groups in total. The van der Waals surface area contributed by atoms with Crippen molar-refractivity contribution >= 4 is 11.8 Å². The second-order valence-electron chi connectivity index (χ2n) is 5.17. The predicted octanol–water partition coefficient (Wildman–Crippen LogP) is 1.88. The average molecular weight is 288 g/mol. The Morgan fingerprint density at radius 3 is 2.81 bits per heavy atom. The first-order valence-electron chi connectivity index (χ1n) is 7.07. The number of aryl methyl sites for hydroxylation is 1. The third kappa shape index (κ3) is 5.30. The monoisotopic (exact) mass is 288 g/mol. The van der Waals surface area contributed by atoms with E-state index in [0.717, 1.165) is 18.4 Å². The van der Waals surface area contributed by atoms with Gasteiger partial charge in [0.05, 0.1) is 0 Å². The van der Waals surface area contributed by atoms with Crippen LogP contribution in [0, 0.1) is 12.8 Å². The van der Waals surface area contributed by atoms with Crippen molar-refractivity contribution in [3.8, 4) is 5.75 Å². The summed E-state index contributed by atoms with van der Waals surface area (Å²) in [5, 5.41) is 0. The first kappa shape index (κ1) is 15.1. The van der Waals surface area contributed by atoms with Crippen LogP contribution < -0.4 is 15.6 Å². The lowest BCUT2D eigenvalue weighted by Gasteiger charge is -2.10. The Bertz CT molecular complexity index is 540. The Morgan fingerprint density at radius 2 is 2.10 bits per heavy atom. The van der Waals surface area contributed by atoms with Gasteiger partial charge in [0, 0.05) is 6.42 Å². The zero-order valence-corrected chi connectivity index (χ0v) is 12.1. The summed E-state index contributed by atoms with van der Waals surface area (Å²) in [7, 11) is 0. The van der Waals surface area contributed by atoms with Gasteiger partial charge >= 0.3 is 0 Å². The van der Waals surface area contributed by atoms with Crippen LogP contribution in [-0.4, -0.2) is 18.4 Å². The summed E-state index contributed by atoms with van der Waals surface area (Å²) in [4.78, 5) is 23.2. The largest absolute Gasteiger partial charge is 0.484 e. The minimum absolute atomic E-state index is 0.132. The van der Waals surface area contributed by atoms with Gasteiger partial charge in [0.1, 0.15) is 5.75 Å². The lowest BCUT2D eigenvalue weighted by Crippen LogP contribution is -2.44. The number of rotatable bonds is 5. The fraction of sp³-hybridized carbons (Fsp3) is 0.375. The van der Waals surface area contributed by atoms with Crippen molar-refractivity contribution < 1.29 is 14.3 Å². The number of amides is 2. The molecule has 5 heteroatoms. The van der Waals surface area contributed by atoms with Crippen LogP contribution in [0.1, 0.15) is 24.8 Å². The number of hydrogen-bond acceptors (Lipinski definition) is 3. The van der Waals surface area contributed by atoms with Crippen molar-refractivity contribution in [2.45, 2.75) is 26.2 Å². The summed E-state index contributed by atoms with van der Waals surface area (Å²) < 4.78 is 5.34. The van der Waals surface area contributed by atoms with E-state index in [4.69, 9.17) is 4.74 Å². The van der Waals surface area contributed by atoms with Crippen LogP contribution in [0.4, 0.5) is 0 Å². The molecule has 0 aliphatic heterocycles. The zero-order chi connectivity index (χ0) is 15.1. The number of hydrazine groups is 1. The fourth-order valence-corrected chi connectivity index (χ4v) is 2.18. The van der Waals surface area contributed by atoms with Crippen molar-refractivity contribution in [2.24, 2.45) is 5.92 Å². The van der Waals surface area contributed by atoms with Gasteiger partial charge in [-0.05, 0) is 43.4 Å². The van der Waals surface area contributed by atoms with Crippen LogP contribution in [0.15, 0.2) is 36.4 Å². The maximum absolute atomic E-state index is 11.6. The van der Waals surface area contributed by atoms with E-state index in [-0.39, 0.29) is 24.3 Å². The number of allylic oxidation sites excluding steroid dienone is 2. The summed E-state index contributed by atoms with van der Waals surface area (Å²) in [6.45, 7) is 1.82. The van der Waals surface area contributed by atoms with Crippen LogP contribution in [0.5, 0.6) is 5.75 Å². The van der Waals surface area contributed by atoms with Crippen LogP contribution in [0.25, 0.3) is 0 Å². The summed E-state index contributed by atoms with van der Waals surface area (Å²) in [6, 6.07) is 7.44. The Balaban J connectivity index is 1.65. The highest BCUT2D eigenvalue weighted by Gasteiger charge is 2.14. The molecule has 1 aromatic carbocycles. The van der Waals surface area contributed by atoms with E-state index in [1.54, 1.807) is 6.07 Å². The lowest BCUT2D eigenvalue weighted by molar-refractivity contribution is -0.130. The van der Waals surface area contributed by atoms with Gasteiger partial charge < -0.3 is 4.74 Å². The molecule has 1 unspecified atom stereocenters. The third-order valence-electron chi connectivity index (χ3n) is 3.26. The number of ether oxygens (including phenoxy) is 1. The topological polar surface area (TPSA) is 67.4 Å². The van der Waals surface area contributed by atoms with E-state index in [9.17, 15) is 9.59 Å². The van der Waals surface area contributed by atoms with Gasteiger partial charge in [-0.15, -0.1) is 0 Å². The molecule has 1 aliphatic carbocycles. The van der Waals surface area contributed by atoms with Gasteiger partial charge in [-0.25, -0.2) is 0 Å². The van der Waals surface area contributed by atoms with Gasteiger partial charge in [0.15, 0.2) is 6.61 Å². The molecule has 5 nitrogen and oxygen atoms in total. The molecule has 0 spiro atoms. The fourth-order valence-electron chi connectivity index (χ4n) is 2.18. The second-order valence-corrected chi connectivity index (χ2v) is 5.17. The van der Waals surface area contributed by atoms with Crippen LogP contribution in [0.3, 0.4) is 0 Å². The standard InChI is InChI=1S/C16H20N2O3/c1-12-5-4-8-14(9-12)21-11-16(20)18-17-15(19)10-13-6-2-3-7-13/h2,4-6,8-9,13H,3,7,10-11H2,1H3,(H,17,19)(H,18,20). The van der Waals surface area contributed by atoms with Crippen molar-refractivity contribution in [1.29, 1.82) is 0 Å². The van der Waals surface area contributed by atoms with Crippen molar-refractivity contribution in [3.63, 3.8) is 0 Å². The Labute approximate surface area is 124 Å². The van der Waals surface area contributed by atoms with Crippen molar-refractivity contribution in [3.05, 3.63) is 42.0 Å². The number of carbonyl (C=O) groups excluding carboxylic acids is 2. The second kappa shape index (κ2) is 7.47. The number of carbonyl (C=O) groups is 2. The molecule has 2 rings (SSSR count). The van der Waals surface area contributed by atoms with E-state index in [1.807, 2.05) is 31.2 Å². The first-order chi connectivity index (χ1) is 10.1. The summed E-state index contributed by atoms with van der Waals surface area (Å²) in [5.41, 5.74) is 5.82. The molecule has 0 aromatic heterocycles. The summed E-state index contributed by atoms with van der Waals surface area (Å²) in [5.74, 6) is 0.347. The summed E-state index contributed by atoms with van der Waals surface area (Å²) >= 11 is 0. The Kier molecular flexibility index (Phi) is 5.37. The highest BCUT2D eigenvalue weighted by atomic mass is 16.5. The molecular formula is C16H20N2O3. The molecule has 112 valence electrons. The third-order valence-corrected chi connectivity index (χ3v) is 3.26. The van der Waals surface area contributed by atoms with E-state index in [2.05, 4.69) is 16.9 Å². The lowest BCUT2D eigenvalue weighted by atomic mass is 10.1. The molecule has 1 aliphatic rings. The van der Waals surface area contributed by atoms with Crippen molar-refractivity contribution in [2.75, 3.05) is 6.61 Å². The molecule has 0 saturated heterocycles. The highest BCUT2D eigenvalue weighted by Crippen LogP contribution is 2.19. The van der Waals surface area contributed by atoms with Crippen molar-refractivity contribution in [1.82, 2.24) is 10.9 Å². The Morgan fingerprint density at radius 1 is 1.29 bits per heavy atom. The van der Waals surface area contributed by atoms with E-state index in [0.29, 0.717) is 12.2 Å². The molecule has 2 amide bonds. The van der Waals surface area contributed by atoms with Gasteiger partial charge in [-0.1, -0.05) is 24.3 Å². The zero-order valence-electron chi connectivity index (χ0n) is 12.1. The minimum Gasteiger partial charge on any atom is -0.484 e. The smallest absolute Gasteiger partial charge is 0.276 e. The SMILES string of the molecule is Cc1cccc(OCC(=O)NNC(=O)CC2C=CCC2)c1. The molecule has 0 radical (unpaired) electrons. The minimum atomic E-state index is -0.383. The van der Waals surface area contributed by atoms with Gasteiger partial charge in [0.2, 0.25) is 5.91 Å². The van der Waals surface area contributed by atoms with Gasteiger partial charge in [0.25, 0.3) is 5.91 Å². The molecule has 0 fully saturated rings. The average Bonchev–Trinajstić information content (AvgIpc) is 2.96. The first-order valence-corrected chi connectivity index (χ1v) is 7.07. The quantitative estimate of drug-likeness (QED) is 0.642. The van der Waals surface area contributed by atoms with Gasteiger partial charge in [-0.3, -0.25) is 20.4 Å². The molecule has 21 heavy (non-hydrogen) atoms. The predicted molar refractivity (Wildman–Crippen MR) is 79.4 cm³/mol. The molecule has 0 saturated carbocycles. The maximum atomic E-state index is 11.6. The van der Waals surface area contributed by atoms with E-state index < -0.39 is 0 Å². The van der Waals surface area contributed by atoms with E-state index >= 15 is 0 Å². The number of nitrogens with one attached hydrogen (secondary N) is 2. The van der Waals surface area contributed by atoms with Crippen LogP contribution in [0.2, 0.25) is 0 Å². The molecule has 1 aromatic rings. The summed E-state index contributed by atoms with van der Waals surface area (Å²) in [6.07, 6.45) is 6.54. The molecular weight excluding hydrogens is 268 g/mol. The maximum Gasteiger partial charge on any atom is 0.276 e. The van der Waals surface area contributed by atoms with Crippen LogP contribution in [-0.2, 0) is 9.59 Å². The highest BCUT2D eigenvalue weighted by molar-refractivity contribution is 5.82. The number of hydrogen-bond donors (Lipinski definition) is 2. The molecule has 0 heterocycles. The molecule has 0 bridgehead atoms. The Hall–Kier alpha value is -2.30.